The molecule has 13 heavy (non-hydrogen) atoms. The molecule has 1 atom stereocenters. The molecule has 0 aliphatic heterocycles. The number of hydrogen-bond donors (Lipinski definition) is 0. The Hall–Kier alpha value is -0.300. The molecule has 0 heterocycles. The van der Waals surface area contributed by atoms with Crippen molar-refractivity contribution in [3.05, 3.63) is 0 Å². The lowest BCUT2D eigenvalue weighted by atomic mass is 10.2. The van der Waals surface area contributed by atoms with Crippen molar-refractivity contribution >= 4 is 29.2 Å². The first-order valence-corrected chi connectivity index (χ1v) is 3.24. The normalized spacial score (nSPS) is 18.1. The van der Waals surface area contributed by atoms with E-state index in [1.54, 1.807) is 0 Å². The van der Waals surface area contributed by atoms with Crippen molar-refractivity contribution < 1.29 is 31.9 Å². The SMILES string of the molecule is O=C([O-])C(F)(F)[C@@](F)(Cl)C(F)(F)Cl. The van der Waals surface area contributed by atoms with Gasteiger partial charge in [0.25, 0.3) is 0 Å². The average molecular weight is 246 g/mol. The highest BCUT2D eigenvalue weighted by molar-refractivity contribution is 6.34. The van der Waals surface area contributed by atoms with Crippen LogP contribution < -0.4 is 5.11 Å². The van der Waals surface area contributed by atoms with E-state index in [9.17, 15) is 31.9 Å². The summed E-state index contributed by atoms with van der Waals surface area (Å²) >= 11 is 7.82. The van der Waals surface area contributed by atoms with Crippen LogP contribution in [0.4, 0.5) is 22.0 Å². The van der Waals surface area contributed by atoms with Crippen molar-refractivity contribution in [1.82, 2.24) is 0 Å². The van der Waals surface area contributed by atoms with Gasteiger partial charge < -0.3 is 9.90 Å². The zero-order valence-corrected chi connectivity index (χ0v) is 6.97. The third-order valence-electron chi connectivity index (χ3n) is 1.01. The standard InChI is InChI=1S/C4HCl2F5O2/c5-3(9,4(6,10)11)2(7,8)1(12)13/h(H,12,13)/p-1/t3-/m0/s1. The maximum Gasteiger partial charge on any atom is 0.375 e. The number of aliphatic carboxylic acids is 1. The molecular formula is C4Cl2F5O2-. The van der Waals surface area contributed by atoms with Gasteiger partial charge in [-0.05, 0) is 11.6 Å². The molecule has 0 amide bonds. The van der Waals surface area contributed by atoms with Crippen molar-refractivity contribution in [2.45, 2.75) is 16.4 Å². The van der Waals surface area contributed by atoms with E-state index in [0.29, 0.717) is 0 Å². The molecule has 0 spiro atoms. The maximum atomic E-state index is 12.3. The Morgan fingerprint density at radius 2 is 1.38 bits per heavy atom. The molecule has 0 aromatic heterocycles. The van der Waals surface area contributed by atoms with E-state index in [1.807, 2.05) is 0 Å². The van der Waals surface area contributed by atoms with Gasteiger partial charge in [0.2, 0.25) is 0 Å². The van der Waals surface area contributed by atoms with Crippen LogP contribution in [-0.2, 0) is 4.79 Å². The van der Waals surface area contributed by atoms with E-state index in [2.05, 4.69) is 23.2 Å². The van der Waals surface area contributed by atoms with E-state index in [1.165, 1.54) is 0 Å². The number of carbonyl (C=O) groups is 1. The largest absolute Gasteiger partial charge is 0.544 e. The maximum absolute atomic E-state index is 12.3. The summed E-state index contributed by atoms with van der Waals surface area (Å²) < 4.78 is 60.2. The zero-order chi connectivity index (χ0) is 11.1. The molecule has 0 unspecified atom stereocenters. The van der Waals surface area contributed by atoms with Crippen LogP contribution >= 0.6 is 23.2 Å². The van der Waals surface area contributed by atoms with Gasteiger partial charge in [0.05, 0.1) is 0 Å². The Bertz CT molecular complexity index is 223. The van der Waals surface area contributed by atoms with Gasteiger partial charge in [-0.3, -0.25) is 0 Å². The predicted molar refractivity (Wildman–Crippen MR) is 30.4 cm³/mol. The molecule has 0 saturated heterocycles. The summed E-state index contributed by atoms with van der Waals surface area (Å²) in [5.74, 6) is -8.98. The minimum absolute atomic E-state index is 3.38. The molecule has 0 radical (unpaired) electrons. The molecule has 0 aliphatic rings. The van der Waals surface area contributed by atoms with Crippen LogP contribution in [0.3, 0.4) is 0 Å². The molecule has 78 valence electrons. The monoisotopic (exact) mass is 245 g/mol. The van der Waals surface area contributed by atoms with Crippen LogP contribution in [-0.4, -0.2) is 22.4 Å². The molecule has 0 aromatic rings. The first-order valence-electron chi connectivity index (χ1n) is 2.48. The van der Waals surface area contributed by atoms with E-state index < -0.39 is 22.4 Å². The number of alkyl halides is 7. The Kier molecular flexibility index (Phi) is 3.05. The van der Waals surface area contributed by atoms with Crippen molar-refractivity contribution in [2.75, 3.05) is 0 Å². The van der Waals surface area contributed by atoms with Gasteiger partial charge in [-0.2, -0.15) is 17.6 Å². The number of rotatable bonds is 3. The average Bonchev–Trinajstić information content (AvgIpc) is 1.84. The highest BCUT2D eigenvalue weighted by atomic mass is 35.5. The van der Waals surface area contributed by atoms with Gasteiger partial charge in [-0.15, -0.1) is 0 Å². The fraction of sp³-hybridized carbons (Fsp3) is 0.750. The molecule has 0 N–H and O–H groups in total. The van der Waals surface area contributed by atoms with Crippen LogP contribution in [0, 0.1) is 0 Å². The minimum atomic E-state index is -5.60. The highest BCUT2D eigenvalue weighted by Crippen LogP contribution is 2.49. The first kappa shape index (κ1) is 12.7. The lowest BCUT2D eigenvalue weighted by Crippen LogP contribution is -2.59. The summed E-state index contributed by atoms with van der Waals surface area (Å²) in [4.78, 5) is 9.54. The predicted octanol–water partition coefficient (Wildman–Crippen LogP) is 1.11. The van der Waals surface area contributed by atoms with Crippen LogP contribution in [0.15, 0.2) is 0 Å². The van der Waals surface area contributed by atoms with E-state index >= 15 is 0 Å². The summed E-state index contributed by atoms with van der Waals surface area (Å²) in [5.41, 5.74) is 0. The lowest BCUT2D eigenvalue weighted by molar-refractivity contribution is -0.340. The molecule has 0 aliphatic carbocycles. The van der Waals surface area contributed by atoms with Crippen molar-refractivity contribution in [3.8, 4) is 0 Å². The number of carboxylic acid groups (broad SMARTS) is 1. The van der Waals surface area contributed by atoms with Crippen molar-refractivity contribution in [1.29, 1.82) is 0 Å². The van der Waals surface area contributed by atoms with Gasteiger partial charge in [-0.25, -0.2) is 4.39 Å². The highest BCUT2D eigenvalue weighted by Gasteiger charge is 2.69. The Balaban J connectivity index is 5.16. The van der Waals surface area contributed by atoms with Gasteiger partial charge in [-0.1, -0.05) is 11.6 Å². The van der Waals surface area contributed by atoms with Crippen LogP contribution in [0.2, 0.25) is 0 Å². The molecular weight excluding hydrogens is 246 g/mol. The van der Waals surface area contributed by atoms with Gasteiger partial charge in [0, 0.05) is 0 Å². The third-order valence-corrected chi connectivity index (χ3v) is 1.84. The van der Waals surface area contributed by atoms with E-state index in [0.717, 1.165) is 0 Å². The minimum Gasteiger partial charge on any atom is -0.544 e. The van der Waals surface area contributed by atoms with Crippen LogP contribution in [0.25, 0.3) is 0 Å². The Labute approximate surface area is 78.2 Å². The first-order chi connectivity index (χ1) is 5.44. The van der Waals surface area contributed by atoms with Gasteiger partial charge >= 0.3 is 16.4 Å². The Morgan fingerprint density at radius 3 is 1.46 bits per heavy atom. The van der Waals surface area contributed by atoms with Gasteiger partial charge in [0.15, 0.2) is 0 Å². The summed E-state index contributed by atoms with van der Waals surface area (Å²) in [6, 6.07) is 0. The topological polar surface area (TPSA) is 40.1 Å². The molecule has 0 rings (SSSR count). The van der Waals surface area contributed by atoms with Gasteiger partial charge in [0.1, 0.15) is 5.97 Å². The van der Waals surface area contributed by atoms with Crippen molar-refractivity contribution in [2.24, 2.45) is 0 Å². The smallest absolute Gasteiger partial charge is 0.375 e. The number of carbonyl (C=O) groups excluding carboxylic acids is 1. The summed E-state index contributed by atoms with van der Waals surface area (Å²) in [6.45, 7) is 0. The zero-order valence-electron chi connectivity index (χ0n) is 5.46. The Morgan fingerprint density at radius 1 is 1.08 bits per heavy atom. The second kappa shape index (κ2) is 3.13. The van der Waals surface area contributed by atoms with E-state index in [-0.39, 0.29) is 0 Å². The fourth-order valence-electron chi connectivity index (χ4n) is 0.306. The molecule has 9 heteroatoms. The van der Waals surface area contributed by atoms with E-state index in [4.69, 9.17) is 0 Å². The van der Waals surface area contributed by atoms with Crippen LogP contribution in [0.5, 0.6) is 0 Å². The van der Waals surface area contributed by atoms with Crippen molar-refractivity contribution in [3.63, 3.8) is 0 Å². The summed E-state index contributed by atoms with van der Waals surface area (Å²) in [5, 5.41) is -0.937. The molecule has 2 nitrogen and oxygen atoms in total. The quantitative estimate of drug-likeness (QED) is 0.552. The number of halogens is 7. The second-order valence-corrected chi connectivity index (χ2v) is 2.93. The summed E-state index contributed by atoms with van der Waals surface area (Å²) in [7, 11) is 0. The second-order valence-electron chi connectivity index (χ2n) is 1.93. The fourth-order valence-corrected chi connectivity index (χ4v) is 0.502. The number of carboxylic acids is 1. The van der Waals surface area contributed by atoms with Crippen LogP contribution in [0.1, 0.15) is 0 Å². The molecule has 0 fully saturated rings. The summed E-state index contributed by atoms with van der Waals surface area (Å²) in [6.07, 6.45) is 0. The molecule has 0 bridgehead atoms. The lowest BCUT2D eigenvalue weighted by Gasteiger charge is -2.30. The molecule has 0 saturated carbocycles. The molecule has 0 aromatic carbocycles. The number of hydrogen-bond acceptors (Lipinski definition) is 2. The third kappa shape index (κ3) is 1.96.